The zero-order valence-electron chi connectivity index (χ0n) is 15.8. The summed E-state index contributed by atoms with van der Waals surface area (Å²) in [5.41, 5.74) is 2.59. The van der Waals surface area contributed by atoms with Gasteiger partial charge in [-0.15, -0.1) is 0 Å². The van der Waals surface area contributed by atoms with Crippen LogP contribution in [0.5, 0.6) is 11.5 Å². The molecule has 26 heavy (non-hydrogen) atoms. The van der Waals surface area contributed by atoms with Crippen LogP contribution >= 0.6 is 0 Å². The molecule has 0 bridgehead atoms. The van der Waals surface area contributed by atoms with Crippen molar-refractivity contribution in [3.8, 4) is 17.6 Å². The quantitative estimate of drug-likeness (QED) is 0.757. The number of ketones is 1. The number of hydrogen-bond donors (Lipinski definition) is 1. The van der Waals surface area contributed by atoms with Gasteiger partial charge in [-0.05, 0) is 42.8 Å². The maximum atomic E-state index is 11.6. The van der Waals surface area contributed by atoms with Crippen LogP contribution in [0.3, 0.4) is 0 Å². The number of benzene rings is 2. The number of carbonyl (C=O) groups is 1. The molecule has 5 heteroatoms. The van der Waals surface area contributed by atoms with Crippen LogP contribution in [0.25, 0.3) is 0 Å². The zero-order chi connectivity index (χ0) is 19.3. The van der Waals surface area contributed by atoms with Crippen LogP contribution in [-0.2, 0) is 5.41 Å². The Morgan fingerprint density at radius 3 is 2.38 bits per heavy atom. The molecule has 0 amide bonds. The maximum Gasteiger partial charge on any atom is 0.161 e. The SMILES string of the molecule is COc1ccc(C(C)(C)CNc2cc(C(C)=O)ccc2C#N)cc1OC. The molecular formula is C21H24N2O3. The summed E-state index contributed by atoms with van der Waals surface area (Å²) in [6.45, 7) is 6.29. The normalized spacial score (nSPS) is 10.8. The molecule has 0 aromatic heterocycles. The van der Waals surface area contributed by atoms with Gasteiger partial charge in [0, 0.05) is 17.5 Å². The van der Waals surface area contributed by atoms with Crippen molar-refractivity contribution in [3.63, 3.8) is 0 Å². The van der Waals surface area contributed by atoms with Crippen molar-refractivity contribution in [2.24, 2.45) is 0 Å². The first kappa shape index (κ1) is 19.3. The number of Topliss-reactive ketones (excluding diaryl/α,β-unsaturated/α-hetero) is 1. The molecular weight excluding hydrogens is 328 g/mol. The lowest BCUT2D eigenvalue weighted by atomic mass is 9.84. The Morgan fingerprint density at radius 2 is 1.81 bits per heavy atom. The van der Waals surface area contributed by atoms with Crippen molar-refractivity contribution >= 4 is 11.5 Å². The van der Waals surface area contributed by atoms with E-state index in [1.807, 2.05) is 18.2 Å². The van der Waals surface area contributed by atoms with Gasteiger partial charge in [-0.1, -0.05) is 19.9 Å². The zero-order valence-corrected chi connectivity index (χ0v) is 15.8. The molecule has 0 aliphatic carbocycles. The topological polar surface area (TPSA) is 71.3 Å². The van der Waals surface area contributed by atoms with E-state index >= 15 is 0 Å². The molecule has 0 aliphatic heterocycles. The number of anilines is 1. The molecule has 2 aromatic rings. The van der Waals surface area contributed by atoms with Crippen LogP contribution in [0.4, 0.5) is 5.69 Å². The third-order valence-electron chi connectivity index (χ3n) is 4.43. The molecule has 2 rings (SSSR count). The highest BCUT2D eigenvalue weighted by Crippen LogP contribution is 2.33. The van der Waals surface area contributed by atoms with Crippen LogP contribution in [0.1, 0.15) is 42.3 Å². The Morgan fingerprint density at radius 1 is 1.12 bits per heavy atom. The summed E-state index contributed by atoms with van der Waals surface area (Å²) in [5, 5.41) is 12.6. The maximum absolute atomic E-state index is 11.6. The number of rotatable bonds is 7. The predicted molar refractivity (Wildman–Crippen MR) is 102 cm³/mol. The molecule has 0 saturated heterocycles. The molecule has 0 unspecified atom stereocenters. The first-order valence-electron chi connectivity index (χ1n) is 8.34. The number of ether oxygens (including phenoxy) is 2. The summed E-state index contributed by atoms with van der Waals surface area (Å²) in [5.74, 6) is 1.33. The minimum atomic E-state index is -0.238. The molecule has 0 saturated carbocycles. The van der Waals surface area contributed by atoms with Gasteiger partial charge in [0.15, 0.2) is 17.3 Å². The van der Waals surface area contributed by atoms with E-state index in [1.54, 1.807) is 32.4 Å². The number of carbonyl (C=O) groups excluding carboxylic acids is 1. The lowest BCUT2D eigenvalue weighted by Crippen LogP contribution is -2.28. The highest BCUT2D eigenvalue weighted by atomic mass is 16.5. The second-order valence-electron chi connectivity index (χ2n) is 6.74. The Labute approximate surface area is 154 Å². The molecule has 0 radical (unpaired) electrons. The molecule has 1 N–H and O–H groups in total. The molecule has 0 spiro atoms. The summed E-state index contributed by atoms with van der Waals surface area (Å²) in [7, 11) is 3.22. The molecule has 0 aliphatic rings. The molecule has 0 atom stereocenters. The lowest BCUT2D eigenvalue weighted by Gasteiger charge is -2.27. The number of hydrogen-bond acceptors (Lipinski definition) is 5. The minimum absolute atomic E-state index is 0.0308. The Bertz CT molecular complexity index is 851. The fraction of sp³-hybridized carbons (Fsp3) is 0.333. The van der Waals surface area contributed by atoms with Crippen molar-refractivity contribution in [3.05, 3.63) is 53.1 Å². The average molecular weight is 352 g/mol. The van der Waals surface area contributed by atoms with Gasteiger partial charge in [0.05, 0.1) is 25.5 Å². The molecule has 5 nitrogen and oxygen atoms in total. The summed E-state index contributed by atoms with van der Waals surface area (Å²) in [4.78, 5) is 11.6. The largest absolute Gasteiger partial charge is 0.493 e. The van der Waals surface area contributed by atoms with E-state index in [0.717, 1.165) is 5.56 Å². The molecule has 0 fully saturated rings. The van der Waals surface area contributed by atoms with Crippen molar-refractivity contribution in [1.29, 1.82) is 5.26 Å². The van der Waals surface area contributed by atoms with Gasteiger partial charge in [-0.3, -0.25) is 4.79 Å². The highest BCUT2D eigenvalue weighted by Gasteiger charge is 2.23. The van der Waals surface area contributed by atoms with Crippen LogP contribution in [0, 0.1) is 11.3 Å². The molecule has 2 aromatic carbocycles. The summed E-state index contributed by atoms with van der Waals surface area (Å²) >= 11 is 0. The number of nitrogens with zero attached hydrogens (tertiary/aromatic N) is 1. The predicted octanol–water partition coefficient (Wildman–Crippen LogP) is 4.17. The van der Waals surface area contributed by atoms with E-state index in [2.05, 4.69) is 25.2 Å². The second kappa shape index (κ2) is 7.92. The van der Waals surface area contributed by atoms with Crippen molar-refractivity contribution in [2.75, 3.05) is 26.1 Å². The van der Waals surface area contributed by atoms with Gasteiger partial charge in [0.1, 0.15) is 6.07 Å². The van der Waals surface area contributed by atoms with E-state index in [-0.39, 0.29) is 11.2 Å². The van der Waals surface area contributed by atoms with Gasteiger partial charge in [-0.25, -0.2) is 0 Å². The van der Waals surface area contributed by atoms with Crippen LogP contribution < -0.4 is 14.8 Å². The first-order chi connectivity index (χ1) is 12.3. The van der Waals surface area contributed by atoms with Crippen LogP contribution in [0.15, 0.2) is 36.4 Å². The van der Waals surface area contributed by atoms with Crippen LogP contribution in [0.2, 0.25) is 0 Å². The van der Waals surface area contributed by atoms with Crippen molar-refractivity contribution < 1.29 is 14.3 Å². The van der Waals surface area contributed by atoms with Crippen molar-refractivity contribution in [2.45, 2.75) is 26.2 Å². The van der Waals surface area contributed by atoms with E-state index in [0.29, 0.717) is 34.9 Å². The Kier molecular flexibility index (Phi) is 5.89. The fourth-order valence-corrected chi connectivity index (χ4v) is 2.68. The van der Waals surface area contributed by atoms with Gasteiger partial charge in [0.2, 0.25) is 0 Å². The van der Waals surface area contributed by atoms with E-state index in [9.17, 15) is 10.1 Å². The Balaban J connectivity index is 2.27. The summed E-state index contributed by atoms with van der Waals surface area (Å²) < 4.78 is 10.7. The second-order valence-corrected chi connectivity index (χ2v) is 6.74. The molecule has 0 heterocycles. The average Bonchev–Trinajstić information content (AvgIpc) is 2.65. The van der Waals surface area contributed by atoms with E-state index in [4.69, 9.17) is 9.47 Å². The Hall–Kier alpha value is -3.00. The van der Waals surface area contributed by atoms with E-state index < -0.39 is 0 Å². The third-order valence-corrected chi connectivity index (χ3v) is 4.43. The number of nitrogens with one attached hydrogen (secondary N) is 1. The monoisotopic (exact) mass is 352 g/mol. The van der Waals surface area contributed by atoms with Crippen LogP contribution in [-0.4, -0.2) is 26.5 Å². The van der Waals surface area contributed by atoms with Gasteiger partial charge < -0.3 is 14.8 Å². The highest BCUT2D eigenvalue weighted by molar-refractivity contribution is 5.95. The first-order valence-corrected chi connectivity index (χ1v) is 8.34. The minimum Gasteiger partial charge on any atom is -0.493 e. The smallest absolute Gasteiger partial charge is 0.161 e. The van der Waals surface area contributed by atoms with E-state index in [1.165, 1.54) is 6.92 Å². The molecule has 136 valence electrons. The van der Waals surface area contributed by atoms with Crippen molar-refractivity contribution in [1.82, 2.24) is 0 Å². The number of methoxy groups -OCH3 is 2. The van der Waals surface area contributed by atoms with Gasteiger partial charge >= 0.3 is 0 Å². The lowest BCUT2D eigenvalue weighted by molar-refractivity contribution is 0.101. The standard InChI is InChI=1S/C21H24N2O3/c1-14(24)15-6-7-16(12-22)18(10-15)23-13-21(2,3)17-8-9-19(25-4)20(11-17)26-5/h6-11,23H,13H2,1-5H3. The summed E-state index contributed by atoms with van der Waals surface area (Å²) in [6, 6.07) is 13.1. The fourth-order valence-electron chi connectivity index (χ4n) is 2.68. The van der Waals surface area contributed by atoms with Gasteiger partial charge in [-0.2, -0.15) is 5.26 Å². The van der Waals surface area contributed by atoms with Gasteiger partial charge in [0.25, 0.3) is 0 Å². The third kappa shape index (κ3) is 4.15. The number of nitriles is 1. The summed E-state index contributed by atoms with van der Waals surface area (Å²) in [6.07, 6.45) is 0.